The number of imidazole rings is 1. The monoisotopic (exact) mass is 523 g/mol. The Morgan fingerprint density at radius 1 is 1.05 bits per heavy atom. The normalized spacial score (nSPS) is 19.3. The molecule has 2 fully saturated rings. The van der Waals surface area contributed by atoms with Crippen LogP contribution in [0.1, 0.15) is 36.7 Å². The van der Waals surface area contributed by atoms with Crippen LogP contribution in [0.15, 0.2) is 73.1 Å². The molecule has 0 saturated carbocycles. The number of anilines is 1. The molecular weight excluding hydrogens is 493 g/mol. The highest BCUT2D eigenvalue weighted by Crippen LogP contribution is 2.32. The zero-order chi connectivity index (χ0) is 26.8. The molecule has 0 amide bonds. The van der Waals surface area contributed by atoms with Gasteiger partial charge in [-0.2, -0.15) is 0 Å². The van der Waals surface area contributed by atoms with Crippen LogP contribution in [0.25, 0.3) is 28.7 Å². The molecule has 3 aromatic heterocycles. The van der Waals surface area contributed by atoms with Crippen molar-refractivity contribution in [2.45, 2.75) is 31.4 Å². The van der Waals surface area contributed by atoms with E-state index >= 15 is 0 Å². The summed E-state index contributed by atoms with van der Waals surface area (Å²) in [4.78, 5) is 21.2. The smallest absolute Gasteiger partial charge is 0.130 e. The average Bonchev–Trinajstić information content (AvgIpc) is 3.73. The number of rotatable bonds is 6. The van der Waals surface area contributed by atoms with E-state index in [2.05, 4.69) is 19.9 Å². The molecule has 198 valence electrons. The van der Waals surface area contributed by atoms with Crippen LogP contribution in [-0.4, -0.2) is 61.5 Å². The first-order chi connectivity index (χ1) is 19.0. The summed E-state index contributed by atoms with van der Waals surface area (Å²) >= 11 is 0. The maximum absolute atomic E-state index is 13.8. The van der Waals surface area contributed by atoms with Crippen LogP contribution in [-0.2, 0) is 0 Å². The topological polar surface area (TPSA) is 105 Å². The predicted molar refractivity (Wildman–Crippen MR) is 150 cm³/mol. The van der Waals surface area contributed by atoms with Gasteiger partial charge in [0.05, 0.1) is 35.4 Å². The maximum atomic E-state index is 13.8. The second-order valence-corrected chi connectivity index (χ2v) is 10.0. The van der Waals surface area contributed by atoms with Crippen LogP contribution >= 0.6 is 0 Å². The summed E-state index contributed by atoms with van der Waals surface area (Å²) in [7, 11) is 0. The molecule has 2 atom stereocenters. The molecule has 39 heavy (non-hydrogen) atoms. The number of aliphatic hydroxyl groups excluding tert-OH is 1. The van der Waals surface area contributed by atoms with E-state index in [1.54, 1.807) is 36.7 Å². The van der Waals surface area contributed by atoms with Gasteiger partial charge in [-0.15, -0.1) is 0 Å². The van der Waals surface area contributed by atoms with E-state index in [1.165, 1.54) is 6.07 Å². The minimum Gasteiger partial charge on any atom is -0.391 e. The van der Waals surface area contributed by atoms with Crippen LogP contribution < -0.4 is 4.90 Å². The standard InChI is InChI=1S/C30H30FN7O/c31-22-5-1-4-21(16-22)27-8-3-14-38(27)28(32)9-10-29-34-18-26(36-29)25-7-2-6-24(35-25)20-11-13-33-30(17-20)37-15-12-23(39)19-37/h1-2,4-7,9-11,13,16-18,23,27,32,39H,3,8,12,14-15,19H2,(H,34,36)/b10-9-,32-28?/t23-,27-/m1/s1. The third-order valence-corrected chi connectivity index (χ3v) is 7.34. The molecule has 0 aliphatic carbocycles. The largest absolute Gasteiger partial charge is 0.391 e. The van der Waals surface area contributed by atoms with Crippen LogP contribution in [0.5, 0.6) is 0 Å². The number of nitrogens with zero attached hydrogens (tertiary/aromatic N) is 5. The van der Waals surface area contributed by atoms with Crippen LogP contribution in [0.4, 0.5) is 10.2 Å². The number of aromatic nitrogens is 4. The Bertz CT molecular complexity index is 1520. The number of halogens is 1. The molecule has 8 nitrogen and oxygen atoms in total. The molecule has 1 aromatic carbocycles. The van der Waals surface area contributed by atoms with Gasteiger partial charge in [-0.1, -0.05) is 18.2 Å². The van der Waals surface area contributed by atoms with E-state index in [0.717, 1.165) is 66.4 Å². The van der Waals surface area contributed by atoms with E-state index in [1.807, 2.05) is 41.3 Å². The zero-order valence-electron chi connectivity index (χ0n) is 21.5. The Kier molecular flexibility index (Phi) is 6.89. The third kappa shape index (κ3) is 5.44. The number of β-amino-alcohol motifs (C(OH)–C–C–N with tert-alkyl or cyclic N) is 1. The van der Waals surface area contributed by atoms with Crippen molar-refractivity contribution in [3.8, 4) is 22.6 Å². The minimum atomic E-state index is -0.311. The Morgan fingerprint density at radius 2 is 1.92 bits per heavy atom. The fraction of sp³-hybridized carbons (Fsp3) is 0.267. The SMILES string of the molecule is N=C(/C=C\c1ncc(-c2cccc(-c3ccnc(N4CC[C@@H](O)C4)c3)n2)[nH]1)N1CCC[C@@H]1c1cccc(F)c1. The van der Waals surface area contributed by atoms with Crippen molar-refractivity contribution in [3.63, 3.8) is 0 Å². The van der Waals surface area contributed by atoms with Crippen molar-refractivity contribution in [2.24, 2.45) is 0 Å². The molecule has 0 unspecified atom stereocenters. The summed E-state index contributed by atoms with van der Waals surface area (Å²) in [6.45, 7) is 2.14. The van der Waals surface area contributed by atoms with E-state index in [0.29, 0.717) is 18.2 Å². The Hall–Kier alpha value is -4.37. The van der Waals surface area contributed by atoms with Gasteiger partial charge in [0.1, 0.15) is 23.3 Å². The molecule has 0 spiro atoms. The van der Waals surface area contributed by atoms with Crippen molar-refractivity contribution in [1.29, 1.82) is 5.41 Å². The van der Waals surface area contributed by atoms with Crippen molar-refractivity contribution >= 4 is 17.7 Å². The lowest BCUT2D eigenvalue weighted by Gasteiger charge is -2.26. The Morgan fingerprint density at radius 3 is 2.77 bits per heavy atom. The average molecular weight is 524 g/mol. The second kappa shape index (κ2) is 10.8. The Balaban J connectivity index is 1.16. The van der Waals surface area contributed by atoms with Gasteiger partial charge in [-0.3, -0.25) is 5.41 Å². The van der Waals surface area contributed by atoms with Crippen molar-refractivity contribution in [1.82, 2.24) is 24.8 Å². The number of likely N-dealkylation sites (tertiary alicyclic amines) is 1. The number of nitrogens with one attached hydrogen (secondary N) is 2. The van der Waals surface area contributed by atoms with Crippen molar-refractivity contribution in [2.75, 3.05) is 24.5 Å². The lowest BCUT2D eigenvalue weighted by Crippen LogP contribution is -2.28. The number of amidine groups is 1. The molecule has 9 heteroatoms. The quantitative estimate of drug-likeness (QED) is 0.241. The summed E-state index contributed by atoms with van der Waals surface area (Å²) in [6, 6.07) is 16.4. The molecule has 2 saturated heterocycles. The number of aliphatic hydroxyl groups is 1. The summed E-state index contributed by atoms with van der Waals surface area (Å²) in [5, 5.41) is 18.5. The van der Waals surface area contributed by atoms with Crippen LogP contribution in [0.3, 0.4) is 0 Å². The number of hydrogen-bond acceptors (Lipinski definition) is 6. The fourth-order valence-corrected chi connectivity index (χ4v) is 5.37. The first-order valence-corrected chi connectivity index (χ1v) is 13.2. The number of H-pyrrole nitrogens is 1. The van der Waals surface area contributed by atoms with Gasteiger partial charge >= 0.3 is 0 Å². The van der Waals surface area contributed by atoms with Gasteiger partial charge in [-0.25, -0.2) is 19.3 Å². The fourth-order valence-electron chi connectivity index (χ4n) is 5.37. The van der Waals surface area contributed by atoms with Gasteiger partial charge in [0.2, 0.25) is 0 Å². The predicted octanol–water partition coefficient (Wildman–Crippen LogP) is 5.07. The number of benzene rings is 1. The van der Waals surface area contributed by atoms with Gasteiger partial charge in [-0.05, 0) is 73.4 Å². The molecular formula is C30H30FN7O. The van der Waals surface area contributed by atoms with Crippen molar-refractivity contribution in [3.05, 3.63) is 90.3 Å². The molecule has 2 aliphatic heterocycles. The van der Waals surface area contributed by atoms with Crippen molar-refractivity contribution < 1.29 is 9.50 Å². The maximum Gasteiger partial charge on any atom is 0.130 e. The molecule has 2 aliphatic rings. The third-order valence-electron chi connectivity index (χ3n) is 7.34. The summed E-state index contributed by atoms with van der Waals surface area (Å²) in [6.07, 6.45) is 9.33. The first kappa shape index (κ1) is 24.9. The molecule has 0 radical (unpaired) electrons. The number of aromatic amines is 1. The van der Waals surface area contributed by atoms with E-state index in [4.69, 9.17) is 10.4 Å². The summed E-state index contributed by atoms with van der Waals surface area (Å²) in [5.41, 5.74) is 4.21. The van der Waals surface area contributed by atoms with E-state index in [-0.39, 0.29) is 18.0 Å². The highest BCUT2D eigenvalue weighted by atomic mass is 19.1. The number of pyridine rings is 2. The highest BCUT2D eigenvalue weighted by molar-refractivity contribution is 5.94. The number of hydrogen-bond donors (Lipinski definition) is 3. The van der Waals surface area contributed by atoms with E-state index < -0.39 is 0 Å². The summed E-state index contributed by atoms with van der Waals surface area (Å²) in [5.74, 6) is 1.59. The Labute approximate surface area is 226 Å². The van der Waals surface area contributed by atoms with Crippen LogP contribution in [0.2, 0.25) is 0 Å². The van der Waals surface area contributed by atoms with E-state index in [9.17, 15) is 9.50 Å². The van der Waals surface area contributed by atoms with Gasteiger partial charge < -0.3 is 19.9 Å². The molecule has 0 bridgehead atoms. The lowest BCUT2D eigenvalue weighted by atomic mass is 10.0. The van der Waals surface area contributed by atoms with Gasteiger partial charge in [0.15, 0.2) is 0 Å². The van der Waals surface area contributed by atoms with Gasteiger partial charge in [0, 0.05) is 31.4 Å². The molecule has 5 heterocycles. The minimum absolute atomic E-state index is 0.00110. The summed E-state index contributed by atoms with van der Waals surface area (Å²) < 4.78 is 13.8. The lowest BCUT2D eigenvalue weighted by molar-refractivity contribution is 0.198. The molecule has 3 N–H and O–H groups in total. The highest BCUT2D eigenvalue weighted by Gasteiger charge is 2.27. The van der Waals surface area contributed by atoms with Crippen LogP contribution in [0, 0.1) is 11.2 Å². The second-order valence-electron chi connectivity index (χ2n) is 10.0. The molecule has 6 rings (SSSR count). The van der Waals surface area contributed by atoms with Gasteiger partial charge in [0.25, 0.3) is 0 Å². The molecule has 4 aromatic rings. The first-order valence-electron chi connectivity index (χ1n) is 13.2. The zero-order valence-corrected chi connectivity index (χ0v) is 21.5.